The number of hydrogen-bond acceptors (Lipinski definition) is 2. The van der Waals surface area contributed by atoms with E-state index >= 15 is 0 Å². The Morgan fingerprint density at radius 2 is 1.89 bits per heavy atom. The van der Waals surface area contributed by atoms with Gasteiger partial charge in [0.15, 0.2) is 0 Å². The Morgan fingerprint density at radius 3 is 2.50 bits per heavy atom. The van der Waals surface area contributed by atoms with Gasteiger partial charge in [-0.25, -0.2) is 4.39 Å². The number of nitrogens with zero attached hydrogens (tertiary/aromatic N) is 1. The molecule has 2 aliphatic rings. The lowest BCUT2D eigenvalue weighted by Gasteiger charge is -2.40. The molecule has 2 atom stereocenters. The number of hydrogen-bond donors (Lipinski definition) is 1. The number of rotatable bonds is 1. The number of aryl methyl sites for hydroxylation is 1. The minimum Gasteiger partial charge on any atom is -0.365 e. The summed E-state index contributed by atoms with van der Waals surface area (Å²) in [7, 11) is 0. The van der Waals surface area contributed by atoms with Crippen molar-refractivity contribution in [2.75, 3.05) is 4.90 Å². The lowest BCUT2D eigenvalue weighted by Crippen LogP contribution is -2.47. The van der Waals surface area contributed by atoms with E-state index in [1.807, 2.05) is 13.0 Å². The molecule has 1 aromatic rings. The molecular weight excluding hydrogens is 295 g/mol. The molecule has 2 nitrogen and oxygen atoms in total. The normalized spacial score (nSPS) is 30.9. The summed E-state index contributed by atoms with van der Waals surface area (Å²) in [6.45, 7) is 1.98. The summed E-state index contributed by atoms with van der Waals surface area (Å²) in [6.07, 6.45) is 4.55. The van der Waals surface area contributed by atoms with Gasteiger partial charge >= 0.3 is 0 Å². The largest absolute Gasteiger partial charge is 0.365 e. The number of anilines is 1. The summed E-state index contributed by atoms with van der Waals surface area (Å²) in [5, 5.41) is 0. The molecule has 0 aromatic heterocycles. The molecule has 0 saturated carbocycles. The van der Waals surface area contributed by atoms with E-state index in [4.69, 9.17) is 5.73 Å². The fraction of sp³-hybridized carbons (Fsp3) is 0.571. The van der Waals surface area contributed by atoms with Crippen LogP contribution in [0.4, 0.5) is 10.1 Å². The second kappa shape index (κ2) is 4.49. The molecule has 3 rings (SSSR count). The maximum atomic E-state index is 13.5. The molecule has 0 spiro atoms. The lowest BCUT2D eigenvalue weighted by molar-refractivity contribution is 0.414. The summed E-state index contributed by atoms with van der Waals surface area (Å²) in [5.41, 5.74) is 8.28. The molecule has 0 radical (unpaired) electrons. The minimum atomic E-state index is -0.183. The molecule has 1 aromatic carbocycles. The Hall–Kier alpha value is -0.610. The van der Waals surface area contributed by atoms with Crippen molar-refractivity contribution in [2.45, 2.75) is 50.7 Å². The molecule has 4 heteroatoms. The quantitative estimate of drug-likeness (QED) is 0.861. The zero-order chi connectivity index (χ0) is 12.9. The van der Waals surface area contributed by atoms with Crippen molar-refractivity contribution in [1.29, 1.82) is 0 Å². The predicted molar refractivity (Wildman–Crippen MR) is 75.3 cm³/mol. The van der Waals surface area contributed by atoms with E-state index in [1.165, 1.54) is 18.5 Å². The van der Waals surface area contributed by atoms with Gasteiger partial charge in [0.25, 0.3) is 0 Å². The SMILES string of the molecule is Cc1cc(F)c(Br)cc1N1C2CCC1CC(N)C2. The average Bonchev–Trinajstić information content (AvgIpc) is 2.56. The molecule has 2 saturated heterocycles. The van der Waals surface area contributed by atoms with Crippen LogP contribution in [-0.2, 0) is 0 Å². The molecule has 2 bridgehead atoms. The monoisotopic (exact) mass is 312 g/mol. The summed E-state index contributed by atoms with van der Waals surface area (Å²) in [5.74, 6) is -0.183. The molecule has 2 heterocycles. The molecule has 2 fully saturated rings. The van der Waals surface area contributed by atoms with Gasteiger partial charge in [-0.2, -0.15) is 0 Å². The summed E-state index contributed by atoms with van der Waals surface area (Å²) < 4.78 is 14.1. The first kappa shape index (κ1) is 12.4. The molecule has 2 unspecified atom stereocenters. The Labute approximate surface area is 115 Å². The number of nitrogens with two attached hydrogens (primary N) is 1. The van der Waals surface area contributed by atoms with Crippen LogP contribution in [0, 0.1) is 12.7 Å². The summed E-state index contributed by atoms with van der Waals surface area (Å²) >= 11 is 3.29. The van der Waals surface area contributed by atoms with E-state index in [0.717, 1.165) is 18.4 Å². The van der Waals surface area contributed by atoms with Gasteiger partial charge in [-0.3, -0.25) is 0 Å². The van der Waals surface area contributed by atoms with Crippen molar-refractivity contribution in [3.05, 3.63) is 28.0 Å². The third-order valence-electron chi connectivity index (χ3n) is 4.29. The van der Waals surface area contributed by atoms with E-state index in [1.54, 1.807) is 6.07 Å². The fourth-order valence-electron chi connectivity index (χ4n) is 3.53. The Balaban J connectivity index is 1.98. The third kappa shape index (κ3) is 1.95. The van der Waals surface area contributed by atoms with Crippen molar-refractivity contribution in [1.82, 2.24) is 0 Å². The first-order chi connectivity index (χ1) is 8.56. The van der Waals surface area contributed by atoms with Gasteiger partial charge in [0, 0.05) is 23.8 Å². The van der Waals surface area contributed by atoms with Crippen LogP contribution in [0.1, 0.15) is 31.2 Å². The van der Waals surface area contributed by atoms with Crippen LogP contribution in [0.15, 0.2) is 16.6 Å². The lowest BCUT2D eigenvalue weighted by atomic mass is 9.96. The van der Waals surface area contributed by atoms with Crippen LogP contribution in [0.2, 0.25) is 0 Å². The van der Waals surface area contributed by atoms with Crippen molar-refractivity contribution in [3.8, 4) is 0 Å². The smallest absolute Gasteiger partial charge is 0.137 e. The van der Waals surface area contributed by atoms with Gasteiger partial charge < -0.3 is 10.6 Å². The second-order valence-corrected chi connectivity index (χ2v) is 6.43. The number of fused-ring (bicyclic) bond motifs is 2. The van der Waals surface area contributed by atoms with Gasteiger partial charge in [0.05, 0.1) is 4.47 Å². The Bertz CT molecular complexity index is 463. The summed E-state index contributed by atoms with van der Waals surface area (Å²) in [6, 6.07) is 4.95. The minimum absolute atomic E-state index is 0.183. The van der Waals surface area contributed by atoms with Gasteiger partial charge in [0.1, 0.15) is 5.82 Å². The van der Waals surface area contributed by atoms with E-state index in [-0.39, 0.29) is 5.82 Å². The van der Waals surface area contributed by atoms with Crippen molar-refractivity contribution in [2.24, 2.45) is 5.73 Å². The van der Waals surface area contributed by atoms with Crippen molar-refractivity contribution < 1.29 is 4.39 Å². The highest BCUT2D eigenvalue weighted by atomic mass is 79.9. The van der Waals surface area contributed by atoms with Crippen LogP contribution in [-0.4, -0.2) is 18.1 Å². The standard InChI is InChI=1S/C14H18BrFN2/c1-8-4-13(16)12(15)7-14(8)18-10-2-3-11(18)6-9(17)5-10/h4,7,9-11H,2-3,5-6,17H2,1H3. The van der Waals surface area contributed by atoms with E-state index in [9.17, 15) is 4.39 Å². The topological polar surface area (TPSA) is 29.3 Å². The van der Waals surface area contributed by atoms with E-state index < -0.39 is 0 Å². The van der Waals surface area contributed by atoms with Crippen LogP contribution in [0.3, 0.4) is 0 Å². The predicted octanol–water partition coefficient (Wildman–Crippen LogP) is 3.36. The van der Waals surface area contributed by atoms with Crippen molar-refractivity contribution in [3.63, 3.8) is 0 Å². The fourth-order valence-corrected chi connectivity index (χ4v) is 3.86. The highest BCUT2D eigenvalue weighted by Crippen LogP contribution is 2.41. The average molecular weight is 313 g/mol. The highest BCUT2D eigenvalue weighted by molar-refractivity contribution is 9.10. The molecular formula is C14H18BrFN2. The molecule has 0 amide bonds. The van der Waals surface area contributed by atoms with Gasteiger partial charge in [-0.15, -0.1) is 0 Å². The zero-order valence-electron chi connectivity index (χ0n) is 10.5. The third-order valence-corrected chi connectivity index (χ3v) is 4.89. The molecule has 18 heavy (non-hydrogen) atoms. The number of piperidine rings is 1. The molecule has 98 valence electrons. The van der Waals surface area contributed by atoms with Crippen LogP contribution >= 0.6 is 15.9 Å². The number of halogens is 2. The van der Waals surface area contributed by atoms with E-state index in [2.05, 4.69) is 20.8 Å². The summed E-state index contributed by atoms with van der Waals surface area (Å²) in [4.78, 5) is 2.48. The second-order valence-electron chi connectivity index (χ2n) is 5.58. The van der Waals surface area contributed by atoms with Gasteiger partial charge in [-0.05, 0) is 66.2 Å². The zero-order valence-corrected chi connectivity index (χ0v) is 12.1. The maximum absolute atomic E-state index is 13.5. The molecule has 0 aliphatic carbocycles. The van der Waals surface area contributed by atoms with Crippen LogP contribution < -0.4 is 10.6 Å². The van der Waals surface area contributed by atoms with Crippen molar-refractivity contribution >= 4 is 21.6 Å². The van der Waals surface area contributed by atoms with Crippen LogP contribution in [0.5, 0.6) is 0 Å². The van der Waals surface area contributed by atoms with Crippen LogP contribution in [0.25, 0.3) is 0 Å². The molecule has 2 aliphatic heterocycles. The van der Waals surface area contributed by atoms with E-state index in [0.29, 0.717) is 22.6 Å². The molecule has 2 N–H and O–H groups in total. The highest BCUT2D eigenvalue weighted by Gasteiger charge is 2.40. The van der Waals surface area contributed by atoms with Gasteiger partial charge in [-0.1, -0.05) is 0 Å². The Morgan fingerprint density at radius 1 is 1.28 bits per heavy atom. The Kier molecular flexibility index (Phi) is 3.10. The number of benzene rings is 1. The first-order valence-corrected chi connectivity index (χ1v) is 7.35. The first-order valence-electron chi connectivity index (χ1n) is 6.56. The van der Waals surface area contributed by atoms with Gasteiger partial charge in [0.2, 0.25) is 0 Å². The maximum Gasteiger partial charge on any atom is 0.137 e.